The van der Waals surface area contributed by atoms with Crippen molar-refractivity contribution >= 4 is 12.1 Å². The molecule has 0 aromatic rings. The molecule has 0 bridgehead atoms. The molecule has 0 saturated carbocycles. The van der Waals surface area contributed by atoms with E-state index in [4.69, 9.17) is 11.5 Å². The van der Waals surface area contributed by atoms with Crippen molar-refractivity contribution in [1.29, 1.82) is 0 Å². The molecule has 0 aliphatic heterocycles. The Labute approximate surface area is 65.9 Å². The molecule has 4 nitrogen and oxygen atoms in total. The maximum atomic E-state index is 11.0. The van der Waals surface area contributed by atoms with Gasteiger partial charge in [0.15, 0.2) is 0 Å². The molecule has 0 aliphatic rings. The van der Waals surface area contributed by atoms with Gasteiger partial charge >= 0.3 is 0 Å². The van der Waals surface area contributed by atoms with E-state index in [0.717, 1.165) is 0 Å². The Hall–Kier alpha value is -0.740. The molecule has 0 rings (SSSR count). The highest BCUT2D eigenvalue weighted by Crippen LogP contribution is 2.01. The molecule has 63 valence electrons. The van der Waals surface area contributed by atoms with E-state index in [1.54, 1.807) is 6.29 Å². The van der Waals surface area contributed by atoms with Gasteiger partial charge in [-0.3, -0.25) is 9.59 Å². The van der Waals surface area contributed by atoms with Crippen LogP contribution in [0.5, 0.6) is 0 Å². The Balaban J connectivity index is 3.81. The van der Waals surface area contributed by atoms with Crippen LogP contribution in [-0.4, -0.2) is 25.2 Å². The van der Waals surface area contributed by atoms with Gasteiger partial charge in [-0.1, -0.05) is 0 Å². The fraction of sp³-hybridized carbons (Fsp3) is 0.714. The molecule has 4 N–H and O–H groups in total. The largest absolute Gasteiger partial charge is 0.330 e. The van der Waals surface area contributed by atoms with Crippen LogP contribution in [0.4, 0.5) is 0 Å². The van der Waals surface area contributed by atoms with E-state index in [9.17, 15) is 9.59 Å². The summed E-state index contributed by atoms with van der Waals surface area (Å²) in [5.74, 6) is -0.823. The number of carbonyl (C=O) groups is 1. The van der Waals surface area contributed by atoms with Crippen molar-refractivity contribution < 1.29 is 9.59 Å². The lowest BCUT2D eigenvalue weighted by Gasteiger charge is -2.04. The lowest BCUT2D eigenvalue weighted by atomic mass is 10.00. The zero-order valence-electron chi connectivity index (χ0n) is 6.38. The highest BCUT2D eigenvalue weighted by molar-refractivity contribution is 5.93. The van der Waals surface area contributed by atoms with Crippen LogP contribution in [0.3, 0.4) is 0 Å². The first-order valence-electron chi connectivity index (χ1n) is 3.56. The van der Waals surface area contributed by atoms with Crippen molar-refractivity contribution in [1.82, 2.24) is 0 Å². The maximum absolute atomic E-state index is 11.0. The summed E-state index contributed by atoms with van der Waals surface area (Å²) < 4.78 is 0. The fourth-order valence-electron chi connectivity index (χ4n) is 0.769. The van der Waals surface area contributed by atoms with E-state index in [1.807, 2.05) is 0 Å². The van der Waals surface area contributed by atoms with E-state index in [0.29, 0.717) is 13.0 Å². The van der Waals surface area contributed by atoms with Gasteiger partial charge in [-0.05, 0) is 19.5 Å². The zero-order valence-corrected chi connectivity index (χ0v) is 6.38. The monoisotopic (exact) mass is 157 g/mol. The van der Waals surface area contributed by atoms with Crippen LogP contribution in [0.2, 0.25) is 0 Å². The molecule has 0 aromatic carbocycles. The second kappa shape index (κ2) is 6.00. The van der Waals surface area contributed by atoms with Gasteiger partial charge in [0.25, 0.3) is 0 Å². The Morgan fingerprint density at radius 1 is 1.36 bits per heavy atom. The number of nitrogens with two attached hydrogens (primary N) is 2. The molecule has 1 unspecified atom stereocenters. The van der Waals surface area contributed by atoms with Crippen LogP contribution in [0, 0.1) is 5.92 Å². The van der Waals surface area contributed by atoms with Gasteiger partial charge in [0, 0.05) is 6.42 Å². The summed E-state index contributed by atoms with van der Waals surface area (Å²) in [6.45, 7) is 0.609. The van der Waals surface area contributed by atoms with Gasteiger partial charge in [0.2, 0.25) is 6.29 Å². The minimum atomic E-state index is -0.663. The lowest BCUT2D eigenvalue weighted by molar-refractivity contribution is -0.120. The molecule has 1 atom stereocenters. The molecular weight excluding hydrogens is 144 g/mol. The minimum Gasteiger partial charge on any atom is -0.330 e. The Kier molecular flexibility index (Phi) is 5.60. The summed E-state index contributed by atoms with van der Waals surface area (Å²) in [5, 5.41) is 0. The van der Waals surface area contributed by atoms with Crippen molar-refractivity contribution in [3.8, 4) is 0 Å². The van der Waals surface area contributed by atoms with Crippen LogP contribution in [0.1, 0.15) is 12.8 Å². The number of carbonyl (C=O) groups excluding carboxylic acids is 2. The molecule has 0 amide bonds. The molecule has 0 saturated heterocycles. The quantitative estimate of drug-likeness (QED) is 0.483. The SMILES string of the molecule is NCCC(=O)C([C]=O)CCN. The van der Waals surface area contributed by atoms with Crippen LogP contribution in [-0.2, 0) is 9.59 Å². The first kappa shape index (κ1) is 10.3. The molecule has 11 heavy (non-hydrogen) atoms. The lowest BCUT2D eigenvalue weighted by Crippen LogP contribution is -2.22. The number of ketones is 1. The zero-order chi connectivity index (χ0) is 8.69. The summed E-state index contributed by atoms with van der Waals surface area (Å²) in [5.41, 5.74) is 10.3. The molecule has 0 heterocycles. The summed E-state index contributed by atoms with van der Waals surface area (Å²) in [7, 11) is 0. The van der Waals surface area contributed by atoms with E-state index >= 15 is 0 Å². The summed E-state index contributed by atoms with van der Waals surface area (Å²) in [4.78, 5) is 21.1. The first-order valence-corrected chi connectivity index (χ1v) is 3.56. The number of Topliss-reactive ketones (excluding diaryl/α,β-unsaturated/α-hetero) is 1. The van der Waals surface area contributed by atoms with E-state index < -0.39 is 5.92 Å². The Morgan fingerprint density at radius 2 is 2.00 bits per heavy atom. The summed E-state index contributed by atoms with van der Waals surface area (Å²) in [6, 6.07) is 0. The standard InChI is InChI=1S/C7H13N2O2/c8-3-1-6(5-10)7(11)2-4-9/h6H,1-4,8-9H2. The predicted octanol–water partition coefficient (Wildman–Crippen LogP) is -1.02. The maximum Gasteiger partial charge on any atom is 0.209 e. The van der Waals surface area contributed by atoms with E-state index in [1.165, 1.54) is 0 Å². The number of hydrogen-bond donors (Lipinski definition) is 2. The Bertz CT molecular complexity index is 136. The molecule has 0 spiro atoms. The third-order valence-electron chi connectivity index (χ3n) is 1.38. The van der Waals surface area contributed by atoms with Crippen molar-refractivity contribution in [3.63, 3.8) is 0 Å². The topological polar surface area (TPSA) is 86.2 Å². The van der Waals surface area contributed by atoms with Crippen LogP contribution >= 0.6 is 0 Å². The van der Waals surface area contributed by atoms with Gasteiger partial charge in [0.05, 0.1) is 5.92 Å². The first-order chi connectivity index (χ1) is 5.26. The van der Waals surface area contributed by atoms with Crippen molar-refractivity contribution in [2.45, 2.75) is 12.8 Å². The predicted molar refractivity (Wildman–Crippen MR) is 41.5 cm³/mol. The molecule has 0 aliphatic carbocycles. The normalized spacial score (nSPS) is 12.5. The van der Waals surface area contributed by atoms with Gasteiger partial charge in [-0.2, -0.15) is 0 Å². The van der Waals surface area contributed by atoms with Crippen LogP contribution in [0.25, 0.3) is 0 Å². The number of hydrogen-bond acceptors (Lipinski definition) is 4. The third-order valence-corrected chi connectivity index (χ3v) is 1.38. The van der Waals surface area contributed by atoms with Gasteiger partial charge in [-0.15, -0.1) is 0 Å². The second-order valence-corrected chi connectivity index (χ2v) is 2.25. The highest BCUT2D eigenvalue weighted by atomic mass is 16.1. The van der Waals surface area contributed by atoms with Crippen molar-refractivity contribution in [2.75, 3.05) is 13.1 Å². The van der Waals surface area contributed by atoms with Crippen LogP contribution in [0.15, 0.2) is 0 Å². The molecule has 0 aromatic heterocycles. The summed E-state index contributed by atoms with van der Waals surface area (Å²) in [6.07, 6.45) is 2.27. The second-order valence-electron chi connectivity index (χ2n) is 2.25. The van der Waals surface area contributed by atoms with Gasteiger partial charge < -0.3 is 11.5 Å². The van der Waals surface area contributed by atoms with Crippen LogP contribution < -0.4 is 11.5 Å². The average Bonchev–Trinajstić information content (AvgIpc) is 2.00. The fourth-order valence-corrected chi connectivity index (χ4v) is 0.769. The molecule has 1 radical (unpaired) electrons. The van der Waals surface area contributed by atoms with Gasteiger partial charge in [0.1, 0.15) is 5.78 Å². The van der Waals surface area contributed by atoms with Gasteiger partial charge in [-0.25, -0.2) is 0 Å². The smallest absolute Gasteiger partial charge is 0.209 e. The average molecular weight is 157 g/mol. The number of rotatable bonds is 6. The molecule has 0 fully saturated rings. The third kappa shape index (κ3) is 3.85. The Morgan fingerprint density at radius 3 is 2.36 bits per heavy atom. The van der Waals surface area contributed by atoms with E-state index in [-0.39, 0.29) is 18.7 Å². The van der Waals surface area contributed by atoms with E-state index in [2.05, 4.69) is 0 Å². The highest BCUT2D eigenvalue weighted by Gasteiger charge is 2.15. The minimum absolute atomic E-state index is 0.159. The van der Waals surface area contributed by atoms with Crippen molar-refractivity contribution in [3.05, 3.63) is 0 Å². The van der Waals surface area contributed by atoms with Crippen molar-refractivity contribution in [2.24, 2.45) is 17.4 Å². The molecular formula is C7H13N2O2. The summed E-state index contributed by atoms with van der Waals surface area (Å²) >= 11 is 0. The molecule has 4 heteroatoms.